The largest absolute Gasteiger partial charge is 0.393 e. The van der Waals surface area contributed by atoms with Gasteiger partial charge in [-0.1, -0.05) is 43.7 Å². The Kier molecular flexibility index (Phi) is 9.20. The Morgan fingerprint density at radius 3 is 2.60 bits per heavy atom. The monoisotopic (exact) mass is 478 g/mol. The number of nitrogens with zero attached hydrogens (tertiary/aromatic N) is 4. The first-order valence-corrected chi connectivity index (χ1v) is 13.0. The first-order valence-electron chi connectivity index (χ1n) is 13.0. The summed E-state index contributed by atoms with van der Waals surface area (Å²) in [5.74, 6) is 0.755. The second-order valence-corrected chi connectivity index (χ2v) is 9.63. The van der Waals surface area contributed by atoms with Crippen molar-refractivity contribution in [2.75, 3.05) is 25.0 Å². The summed E-state index contributed by atoms with van der Waals surface area (Å²) in [5, 5.41) is 16.3. The fourth-order valence-electron chi connectivity index (χ4n) is 4.62. The molecule has 1 aliphatic carbocycles. The Morgan fingerprint density at radius 2 is 1.89 bits per heavy atom. The van der Waals surface area contributed by atoms with Crippen LogP contribution in [0.3, 0.4) is 0 Å². The topological polar surface area (TPSA) is 103 Å². The lowest BCUT2D eigenvalue weighted by Gasteiger charge is -2.32. The number of hydrogen-bond donors (Lipinski definition) is 3. The number of unbranched alkanes of at least 4 members (excludes halogenated alkanes) is 1. The Balaban J connectivity index is 1.40. The summed E-state index contributed by atoms with van der Waals surface area (Å²) in [6.45, 7) is 5.77. The molecule has 1 saturated heterocycles. The maximum Gasteiger partial charge on any atom is 0.256 e. The zero-order valence-corrected chi connectivity index (χ0v) is 20.7. The highest BCUT2D eigenvalue weighted by molar-refractivity contribution is 5.99. The molecule has 2 heterocycles. The molecule has 8 heteroatoms. The number of carbonyl (C=O) groups is 1. The predicted octanol–water partition coefficient (Wildman–Crippen LogP) is 4.09. The van der Waals surface area contributed by atoms with E-state index in [1.54, 1.807) is 6.20 Å². The molecule has 0 spiro atoms. The summed E-state index contributed by atoms with van der Waals surface area (Å²) in [7, 11) is 0. The van der Waals surface area contributed by atoms with Crippen LogP contribution in [0.1, 0.15) is 74.2 Å². The van der Waals surface area contributed by atoms with Crippen LogP contribution in [0.25, 0.3) is 0 Å². The molecule has 0 bridgehead atoms. The van der Waals surface area contributed by atoms with E-state index in [0.717, 1.165) is 70.4 Å². The van der Waals surface area contributed by atoms with Crippen LogP contribution in [-0.4, -0.2) is 63.4 Å². The molecular weight excluding hydrogens is 440 g/mol. The van der Waals surface area contributed by atoms with Gasteiger partial charge in [0.25, 0.3) is 5.91 Å². The van der Waals surface area contributed by atoms with Gasteiger partial charge in [0.05, 0.1) is 6.10 Å². The minimum atomic E-state index is -0.263. The molecule has 2 aromatic rings. The van der Waals surface area contributed by atoms with E-state index in [4.69, 9.17) is 4.99 Å². The number of aromatic nitrogens is 2. The summed E-state index contributed by atoms with van der Waals surface area (Å²) in [5.41, 5.74) is 2.71. The molecule has 1 aromatic carbocycles. The van der Waals surface area contributed by atoms with Gasteiger partial charge in [0, 0.05) is 44.1 Å². The van der Waals surface area contributed by atoms with Crippen LogP contribution in [0.2, 0.25) is 0 Å². The van der Waals surface area contributed by atoms with Gasteiger partial charge in [-0.3, -0.25) is 9.69 Å². The van der Waals surface area contributed by atoms with Gasteiger partial charge < -0.3 is 15.7 Å². The molecule has 3 N–H and O–H groups in total. The smallest absolute Gasteiger partial charge is 0.256 e. The zero-order valence-electron chi connectivity index (χ0n) is 20.7. The molecule has 1 aliphatic heterocycles. The predicted molar refractivity (Wildman–Crippen MR) is 139 cm³/mol. The molecule has 35 heavy (non-hydrogen) atoms. The molecule has 188 valence electrons. The molecule has 1 amide bonds. The van der Waals surface area contributed by atoms with Crippen molar-refractivity contribution in [3.05, 3.63) is 47.7 Å². The van der Waals surface area contributed by atoms with Crippen LogP contribution in [-0.2, 0) is 6.54 Å². The Labute approximate surface area is 208 Å². The van der Waals surface area contributed by atoms with E-state index in [0.29, 0.717) is 30.2 Å². The van der Waals surface area contributed by atoms with Crippen molar-refractivity contribution in [3.8, 4) is 0 Å². The van der Waals surface area contributed by atoms with Crippen molar-refractivity contribution in [3.63, 3.8) is 0 Å². The highest BCUT2D eigenvalue weighted by Gasteiger charge is 2.24. The van der Waals surface area contributed by atoms with Gasteiger partial charge in [-0.05, 0) is 50.5 Å². The minimum absolute atomic E-state index is 0.127. The van der Waals surface area contributed by atoms with Gasteiger partial charge in [-0.2, -0.15) is 4.98 Å². The van der Waals surface area contributed by atoms with Crippen LogP contribution < -0.4 is 10.6 Å². The maximum absolute atomic E-state index is 13.2. The molecule has 2 aliphatic rings. The number of aliphatic hydroxyl groups excluding tert-OH is 1. The van der Waals surface area contributed by atoms with E-state index in [1.165, 1.54) is 5.56 Å². The Hall–Kier alpha value is -2.84. The molecule has 8 nitrogen and oxygen atoms in total. The fraction of sp³-hybridized carbons (Fsp3) is 0.556. The van der Waals surface area contributed by atoms with E-state index >= 15 is 0 Å². The first kappa shape index (κ1) is 25.3. The number of rotatable bonds is 9. The maximum atomic E-state index is 13.2. The molecule has 4 rings (SSSR count). The van der Waals surface area contributed by atoms with Gasteiger partial charge in [-0.15, -0.1) is 0 Å². The number of amides is 1. The molecule has 1 aromatic heterocycles. The number of hydrogen-bond acceptors (Lipinski definition) is 7. The minimum Gasteiger partial charge on any atom is -0.393 e. The molecule has 2 fully saturated rings. The third kappa shape index (κ3) is 7.57. The van der Waals surface area contributed by atoms with Crippen molar-refractivity contribution >= 4 is 23.4 Å². The van der Waals surface area contributed by atoms with Crippen molar-refractivity contribution in [1.29, 1.82) is 0 Å². The number of piperidine rings is 1. The second-order valence-electron chi connectivity index (χ2n) is 9.63. The van der Waals surface area contributed by atoms with Gasteiger partial charge in [0.2, 0.25) is 5.95 Å². The summed E-state index contributed by atoms with van der Waals surface area (Å²) in [4.78, 5) is 29.4. The van der Waals surface area contributed by atoms with E-state index in [9.17, 15) is 9.90 Å². The Morgan fingerprint density at radius 1 is 1.14 bits per heavy atom. The summed E-state index contributed by atoms with van der Waals surface area (Å²) in [6, 6.07) is 10.6. The van der Waals surface area contributed by atoms with E-state index < -0.39 is 0 Å². The Bertz CT molecular complexity index is 978. The summed E-state index contributed by atoms with van der Waals surface area (Å²) in [6.07, 6.45) is 8.12. The highest BCUT2D eigenvalue weighted by atomic mass is 16.3. The number of likely N-dealkylation sites (tertiary alicyclic amines) is 1. The fourth-order valence-corrected chi connectivity index (χ4v) is 4.62. The van der Waals surface area contributed by atoms with E-state index in [-0.39, 0.29) is 18.1 Å². The SMILES string of the molecule is CCCCNc1ncc(C(=O)NC2CCN(Cc3ccccc3)CC2)c(N=C2CCC(O)CC2)n1. The van der Waals surface area contributed by atoms with E-state index in [1.807, 2.05) is 6.07 Å². The lowest BCUT2D eigenvalue weighted by Crippen LogP contribution is -2.44. The average Bonchev–Trinajstić information content (AvgIpc) is 2.87. The number of anilines is 1. The standard InChI is InChI=1S/C27H38N6O2/c1-2-3-15-28-27-29-18-24(25(32-27)30-21-9-11-23(34)12-10-21)26(35)31-22-13-16-33(17-14-22)19-20-7-5-4-6-8-20/h4-8,18,22-23,34H,2-3,9-17,19H2,1H3,(H,31,35)(H,28,29,32). The average molecular weight is 479 g/mol. The van der Waals surface area contributed by atoms with Crippen molar-refractivity contribution in [1.82, 2.24) is 20.2 Å². The van der Waals surface area contributed by atoms with Gasteiger partial charge in [-0.25, -0.2) is 9.98 Å². The second kappa shape index (κ2) is 12.7. The molecule has 1 saturated carbocycles. The van der Waals surface area contributed by atoms with Crippen molar-refractivity contribution < 1.29 is 9.90 Å². The quantitative estimate of drug-likeness (QED) is 0.469. The molecule has 0 atom stereocenters. The van der Waals surface area contributed by atoms with Crippen LogP contribution >= 0.6 is 0 Å². The van der Waals surface area contributed by atoms with Crippen molar-refractivity contribution in [2.45, 2.75) is 77.0 Å². The first-order chi connectivity index (χ1) is 17.1. The zero-order chi connectivity index (χ0) is 24.5. The van der Waals surface area contributed by atoms with E-state index in [2.05, 4.69) is 56.7 Å². The van der Waals surface area contributed by atoms with Crippen LogP contribution in [0, 0.1) is 0 Å². The number of aliphatic imine (C=N–C) groups is 1. The lowest BCUT2D eigenvalue weighted by molar-refractivity contribution is 0.0909. The number of aliphatic hydroxyl groups is 1. The molecule has 0 unspecified atom stereocenters. The third-order valence-electron chi connectivity index (χ3n) is 6.79. The summed E-state index contributed by atoms with van der Waals surface area (Å²) >= 11 is 0. The summed E-state index contributed by atoms with van der Waals surface area (Å²) < 4.78 is 0. The van der Waals surface area contributed by atoms with Gasteiger partial charge in [0.15, 0.2) is 5.82 Å². The molecular formula is C27H38N6O2. The highest BCUT2D eigenvalue weighted by Crippen LogP contribution is 2.24. The molecule has 0 radical (unpaired) electrons. The van der Waals surface area contributed by atoms with Gasteiger partial charge in [0.1, 0.15) is 5.56 Å². The van der Waals surface area contributed by atoms with Crippen LogP contribution in [0.4, 0.5) is 11.8 Å². The third-order valence-corrected chi connectivity index (χ3v) is 6.79. The van der Waals surface area contributed by atoms with Crippen LogP contribution in [0.15, 0.2) is 41.5 Å². The lowest BCUT2D eigenvalue weighted by atomic mass is 9.96. The van der Waals surface area contributed by atoms with Crippen LogP contribution in [0.5, 0.6) is 0 Å². The van der Waals surface area contributed by atoms with Gasteiger partial charge >= 0.3 is 0 Å². The normalized spacial score (nSPS) is 19.4. The number of nitrogens with one attached hydrogen (secondary N) is 2. The number of benzene rings is 1. The van der Waals surface area contributed by atoms with Crippen molar-refractivity contribution in [2.24, 2.45) is 4.99 Å². The number of carbonyl (C=O) groups excluding carboxylic acids is 1.